The van der Waals surface area contributed by atoms with Crippen molar-refractivity contribution in [3.63, 3.8) is 0 Å². The van der Waals surface area contributed by atoms with Gasteiger partial charge in [-0.1, -0.05) is 7.43 Å². The molecule has 20 heavy (non-hydrogen) atoms. The Kier molecular flexibility index (Phi) is 3.94. The largest absolute Gasteiger partial charge is 0.493 e. The molecule has 0 radical (unpaired) electrons. The quantitative estimate of drug-likeness (QED) is 0.740. The number of benzene rings is 1. The van der Waals surface area contributed by atoms with Crippen molar-refractivity contribution in [2.24, 2.45) is 4.99 Å². The van der Waals surface area contributed by atoms with Crippen molar-refractivity contribution >= 4 is 22.7 Å². The summed E-state index contributed by atoms with van der Waals surface area (Å²) in [5, 5.41) is 2.79. The van der Waals surface area contributed by atoms with Crippen molar-refractivity contribution in [2.75, 3.05) is 21.3 Å². The van der Waals surface area contributed by atoms with E-state index in [4.69, 9.17) is 14.2 Å². The van der Waals surface area contributed by atoms with Crippen LogP contribution in [0.4, 0.5) is 5.69 Å². The number of nitrogens with zero attached hydrogens (tertiary/aromatic N) is 2. The molecule has 2 heterocycles. The van der Waals surface area contributed by atoms with Crippen LogP contribution in [-0.2, 0) is 0 Å². The molecule has 1 aliphatic rings. The zero-order valence-electron chi connectivity index (χ0n) is 10.8. The lowest BCUT2D eigenvalue weighted by molar-refractivity contribution is 0.324. The molecule has 2 aromatic rings. The molecule has 106 valence electrons. The molecule has 1 aromatic carbocycles. The first-order valence-corrected chi connectivity index (χ1v) is 6.50. The third-order valence-corrected chi connectivity index (χ3v) is 3.69. The van der Waals surface area contributed by atoms with E-state index >= 15 is 0 Å². The molecule has 0 saturated carbocycles. The summed E-state index contributed by atoms with van der Waals surface area (Å²) in [7, 11) is 4.79. The molecule has 0 bridgehead atoms. The van der Waals surface area contributed by atoms with E-state index in [0.29, 0.717) is 17.2 Å². The summed E-state index contributed by atoms with van der Waals surface area (Å²) in [6.45, 7) is 0. The van der Waals surface area contributed by atoms with Gasteiger partial charge in [-0.3, -0.25) is 0 Å². The molecule has 3 rings (SSSR count). The number of thiazole rings is 1. The highest BCUT2D eigenvalue weighted by Crippen LogP contribution is 2.50. The summed E-state index contributed by atoms with van der Waals surface area (Å²) in [6, 6.07) is 1.84. The van der Waals surface area contributed by atoms with Crippen LogP contribution >= 0.6 is 11.3 Å². The number of hydrogen-bond donors (Lipinski definition) is 0. The molecule has 0 aliphatic carbocycles. The van der Waals surface area contributed by atoms with Gasteiger partial charge in [-0.15, -0.1) is 11.3 Å². The maximum atomic E-state index is 5.46. The Morgan fingerprint density at radius 2 is 1.80 bits per heavy atom. The molecular weight excluding hydrogens is 276 g/mol. The van der Waals surface area contributed by atoms with Gasteiger partial charge >= 0.3 is 0 Å². The third-order valence-electron chi connectivity index (χ3n) is 2.91. The normalized spacial score (nSPS) is 11.7. The monoisotopic (exact) mass is 292 g/mol. The van der Waals surface area contributed by atoms with Gasteiger partial charge in [0.1, 0.15) is 10.7 Å². The van der Waals surface area contributed by atoms with Crippen LogP contribution in [0.15, 0.2) is 22.6 Å². The summed E-state index contributed by atoms with van der Waals surface area (Å²) in [5.74, 6) is 1.82. The molecule has 0 spiro atoms. The highest BCUT2D eigenvalue weighted by atomic mass is 32.1. The van der Waals surface area contributed by atoms with Gasteiger partial charge in [0.25, 0.3) is 0 Å². The summed E-state index contributed by atoms with van der Waals surface area (Å²) in [4.78, 5) is 8.74. The third kappa shape index (κ3) is 1.92. The van der Waals surface area contributed by atoms with Gasteiger partial charge in [-0.2, -0.15) is 0 Å². The Hall–Kier alpha value is -2.08. The highest BCUT2D eigenvalue weighted by molar-refractivity contribution is 7.12. The van der Waals surface area contributed by atoms with E-state index in [1.165, 1.54) is 0 Å². The fourth-order valence-corrected chi connectivity index (χ4v) is 2.71. The van der Waals surface area contributed by atoms with Crippen LogP contribution in [0.5, 0.6) is 17.2 Å². The lowest BCUT2D eigenvalue weighted by atomic mass is 9.99. The Morgan fingerprint density at radius 3 is 2.35 bits per heavy atom. The first kappa shape index (κ1) is 14.3. The minimum absolute atomic E-state index is 0. The Labute approximate surface area is 121 Å². The second kappa shape index (κ2) is 5.50. The van der Waals surface area contributed by atoms with Crippen molar-refractivity contribution in [3.05, 3.63) is 28.2 Å². The summed E-state index contributed by atoms with van der Waals surface area (Å²) < 4.78 is 16.1. The molecule has 0 fully saturated rings. The topological polar surface area (TPSA) is 52.9 Å². The number of aromatic nitrogens is 1. The van der Waals surface area contributed by atoms with E-state index in [0.717, 1.165) is 22.0 Å². The van der Waals surface area contributed by atoms with E-state index in [-0.39, 0.29) is 7.43 Å². The summed E-state index contributed by atoms with van der Waals surface area (Å²) in [5.41, 5.74) is 2.60. The van der Waals surface area contributed by atoms with Crippen LogP contribution in [0.1, 0.15) is 18.0 Å². The fourth-order valence-electron chi connectivity index (χ4n) is 2.08. The molecular formula is C14H16N2O3S. The Balaban J connectivity index is 0.00000147. The molecule has 6 heteroatoms. The van der Waals surface area contributed by atoms with Crippen LogP contribution in [0, 0.1) is 0 Å². The van der Waals surface area contributed by atoms with Gasteiger partial charge in [-0.05, 0) is 0 Å². The van der Waals surface area contributed by atoms with Gasteiger partial charge in [0, 0.05) is 17.6 Å². The van der Waals surface area contributed by atoms with Crippen molar-refractivity contribution in [2.45, 2.75) is 7.43 Å². The lowest BCUT2D eigenvalue weighted by Gasteiger charge is -2.23. The molecule has 5 nitrogen and oxygen atoms in total. The molecule has 1 aliphatic heterocycles. The van der Waals surface area contributed by atoms with Crippen molar-refractivity contribution in [3.8, 4) is 17.2 Å². The number of methoxy groups -OCH3 is 3. The molecule has 0 amide bonds. The first-order valence-electron chi connectivity index (χ1n) is 5.62. The van der Waals surface area contributed by atoms with Crippen LogP contribution in [-0.4, -0.2) is 32.0 Å². The van der Waals surface area contributed by atoms with Crippen molar-refractivity contribution < 1.29 is 14.2 Å². The fraction of sp³-hybridized carbons (Fsp3) is 0.286. The number of hydrogen-bond acceptors (Lipinski definition) is 6. The average molecular weight is 292 g/mol. The van der Waals surface area contributed by atoms with Gasteiger partial charge in [0.05, 0.1) is 32.6 Å². The predicted octanol–water partition coefficient (Wildman–Crippen LogP) is 3.29. The minimum Gasteiger partial charge on any atom is -0.493 e. The van der Waals surface area contributed by atoms with Gasteiger partial charge in [0.2, 0.25) is 5.75 Å². The molecule has 1 aromatic heterocycles. The van der Waals surface area contributed by atoms with Gasteiger partial charge in [-0.25, -0.2) is 9.98 Å². The highest BCUT2D eigenvalue weighted by Gasteiger charge is 2.31. The van der Waals surface area contributed by atoms with E-state index in [1.807, 2.05) is 11.4 Å². The number of ether oxygens (including phenoxy) is 3. The minimum atomic E-state index is 0. The van der Waals surface area contributed by atoms with Gasteiger partial charge < -0.3 is 14.2 Å². The maximum absolute atomic E-state index is 5.46. The molecule has 0 atom stereocenters. The molecule has 0 saturated heterocycles. The van der Waals surface area contributed by atoms with E-state index in [9.17, 15) is 0 Å². The number of rotatable bonds is 4. The smallest absolute Gasteiger partial charge is 0.204 e. The summed E-state index contributed by atoms with van der Waals surface area (Å²) in [6.07, 6.45) is 1.76. The van der Waals surface area contributed by atoms with Crippen LogP contribution in [0.3, 0.4) is 0 Å². The number of fused-ring (bicyclic) bond motifs is 1. The average Bonchev–Trinajstić information content (AvgIpc) is 2.92. The van der Waals surface area contributed by atoms with Crippen LogP contribution in [0.25, 0.3) is 0 Å². The molecule has 0 N–H and O–H groups in total. The predicted molar refractivity (Wildman–Crippen MR) is 80.2 cm³/mol. The van der Waals surface area contributed by atoms with E-state index < -0.39 is 0 Å². The van der Waals surface area contributed by atoms with E-state index in [1.54, 1.807) is 38.9 Å². The standard InChI is InChI=1S/C13H12N2O3S.CH4/c1-16-8-6-7-9(12(18-3)11(8)17-2)10(15-7)13-14-4-5-19-13;/h4-6H,1-3H3;1H4. The second-order valence-corrected chi connectivity index (χ2v) is 4.73. The Morgan fingerprint density at radius 1 is 1.05 bits per heavy atom. The van der Waals surface area contributed by atoms with Crippen LogP contribution in [0.2, 0.25) is 0 Å². The zero-order chi connectivity index (χ0) is 13.4. The summed E-state index contributed by atoms with van der Waals surface area (Å²) >= 11 is 1.54. The van der Waals surface area contributed by atoms with Gasteiger partial charge in [0.15, 0.2) is 11.5 Å². The van der Waals surface area contributed by atoms with E-state index in [2.05, 4.69) is 9.98 Å². The number of aliphatic imine (C=N–C) groups is 1. The maximum Gasteiger partial charge on any atom is 0.204 e. The van der Waals surface area contributed by atoms with Crippen molar-refractivity contribution in [1.29, 1.82) is 0 Å². The lowest BCUT2D eigenvalue weighted by Crippen LogP contribution is -2.13. The zero-order valence-corrected chi connectivity index (χ0v) is 11.6. The molecule has 0 unspecified atom stereocenters. The first-order chi connectivity index (χ1) is 9.30. The van der Waals surface area contributed by atoms with Crippen molar-refractivity contribution in [1.82, 2.24) is 4.98 Å². The Bertz CT molecular complexity index is 651. The second-order valence-electron chi connectivity index (χ2n) is 3.84. The SMILES string of the molecule is C.COc1cc2c(c(OC)c1OC)C(c1nccs1)=N2. The van der Waals surface area contributed by atoms with Crippen LogP contribution < -0.4 is 14.2 Å².